The summed E-state index contributed by atoms with van der Waals surface area (Å²) in [6.07, 6.45) is -0.893. The topological polar surface area (TPSA) is 77.8 Å². The van der Waals surface area contributed by atoms with Gasteiger partial charge in [0.05, 0.1) is 6.42 Å². The van der Waals surface area contributed by atoms with E-state index in [0.29, 0.717) is 13.1 Å². The highest BCUT2D eigenvalue weighted by molar-refractivity contribution is 5.69. The summed E-state index contributed by atoms with van der Waals surface area (Å²) in [5.74, 6) is -0.844. The minimum atomic E-state index is -0.966. The molecule has 0 bridgehead atoms. The van der Waals surface area contributed by atoms with Crippen LogP contribution in [0.4, 0.5) is 4.79 Å². The van der Waals surface area contributed by atoms with Crippen molar-refractivity contribution >= 4 is 12.1 Å². The number of rotatable bonds is 2. The van der Waals surface area contributed by atoms with Gasteiger partial charge in [-0.1, -0.05) is 0 Å². The Bertz CT molecular complexity index is 185. The van der Waals surface area contributed by atoms with E-state index in [0.717, 1.165) is 0 Å². The molecule has 1 aliphatic heterocycles. The van der Waals surface area contributed by atoms with Crippen molar-refractivity contribution in [1.29, 1.82) is 0 Å². The van der Waals surface area contributed by atoms with Crippen molar-refractivity contribution in [2.45, 2.75) is 6.42 Å². The second-order valence-electron chi connectivity index (χ2n) is 2.65. The first kappa shape index (κ1) is 7.84. The number of hydrogen-bond acceptors (Lipinski definition) is 2. The van der Waals surface area contributed by atoms with Crippen molar-refractivity contribution < 1.29 is 19.8 Å². The molecule has 5 nitrogen and oxygen atoms in total. The highest BCUT2D eigenvalue weighted by Gasteiger charge is 2.31. The van der Waals surface area contributed by atoms with Gasteiger partial charge in [-0.2, -0.15) is 0 Å². The van der Waals surface area contributed by atoms with E-state index < -0.39 is 12.1 Å². The van der Waals surface area contributed by atoms with E-state index in [-0.39, 0.29) is 12.3 Å². The zero-order chi connectivity index (χ0) is 8.43. The maximum Gasteiger partial charge on any atom is 0.407 e. The third-order valence-corrected chi connectivity index (χ3v) is 1.69. The first-order chi connectivity index (χ1) is 5.09. The smallest absolute Gasteiger partial charge is 0.407 e. The standard InChI is InChI=1S/C6H9NO4/c8-5(9)1-4-2-7(3-4)6(10)11/h4H,1-3H2,(H,8,9)(H,10,11). The van der Waals surface area contributed by atoms with Gasteiger partial charge in [-0.25, -0.2) is 4.79 Å². The first-order valence-corrected chi connectivity index (χ1v) is 3.29. The first-order valence-electron chi connectivity index (χ1n) is 3.29. The molecule has 62 valence electrons. The van der Waals surface area contributed by atoms with Gasteiger partial charge >= 0.3 is 12.1 Å². The zero-order valence-corrected chi connectivity index (χ0v) is 5.86. The summed E-state index contributed by atoms with van der Waals surface area (Å²) >= 11 is 0. The number of nitrogens with zero attached hydrogens (tertiary/aromatic N) is 1. The molecule has 0 atom stereocenters. The van der Waals surface area contributed by atoms with Gasteiger partial charge in [0.1, 0.15) is 0 Å². The molecule has 0 unspecified atom stereocenters. The summed E-state index contributed by atoms with van der Waals surface area (Å²) < 4.78 is 0. The number of likely N-dealkylation sites (tertiary alicyclic amines) is 1. The van der Waals surface area contributed by atoms with Gasteiger partial charge in [0, 0.05) is 19.0 Å². The highest BCUT2D eigenvalue weighted by Crippen LogP contribution is 2.18. The number of carboxylic acid groups (broad SMARTS) is 2. The molecule has 1 heterocycles. The molecular weight excluding hydrogens is 150 g/mol. The normalized spacial score (nSPS) is 17.6. The fourth-order valence-corrected chi connectivity index (χ4v) is 1.10. The third kappa shape index (κ3) is 1.83. The van der Waals surface area contributed by atoms with Crippen molar-refractivity contribution in [3.8, 4) is 0 Å². The summed E-state index contributed by atoms with van der Waals surface area (Å²) in [6, 6.07) is 0. The van der Waals surface area contributed by atoms with Gasteiger partial charge in [-0.15, -0.1) is 0 Å². The predicted molar refractivity (Wildman–Crippen MR) is 35.3 cm³/mol. The van der Waals surface area contributed by atoms with Crippen LogP contribution in [0.15, 0.2) is 0 Å². The van der Waals surface area contributed by atoms with Crippen LogP contribution in [0.25, 0.3) is 0 Å². The lowest BCUT2D eigenvalue weighted by atomic mass is 9.97. The van der Waals surface area contributed by atoms with Gasteiger partial charge in [0.25, 0.3) is 0 Å². The summed E-state index contributed by atoms with van der Waals surface area (Å²) in [4.78, 5) is 21.5. The summed E-state index contributed by atoms with van der Waals surface area (Å²) in [5.41, 5.74) is 0. The Kier molecular flexibility index (Phi) is 1.98. The monoisotopic (exact) mass is 159 g/mol. The molecule has 1 aliphatic rings. The molecule has 0 aliphatic carbocycles. The molecule has 1 saturated heterocycles. The molecule has 0 saturated carbocycles. The number of carboxylic acids is 1. The van der Waals surface area contributed by atoms with Gasteiger partial charge in [0.2, 0.25) is 0 Å². The van der Waals surface area contributed by atoms with Gasteiger partial charge in [-0.05, 0) is 0 Å². The molecule has 0 radical (unpaired) electrons. The van der Waals surface area contributed by atoms with E-state index in [9.17, 15) is 9.59 Å². The van der Waals surface area contributed by atoms with E-state index in [1.165, 1.54) is 4.90 Å². The summed E-state index contributed by atoms with van der Waals surface area (Å²) in [7, 11) is 0. The average molecular weight is 159 g/mol. The van der Waals surface area contributed by atoms with Crippen LogP contribution in [-0.4, -0.2) is 40.3 Å². The molecule has 0 aromatic heterocycles. The Morgan fingerprint density at radius 1 is 1.36 bits per heavy atom. The maximum atomic E-state index is 10.2. The lowest BCUT2D eigenvalue weighted by molar-refractivity contribution is -0.139. The van der Waals surface area contributed by atoms with Crippen LogP contribution in [0.1, 0.15) is 6.42 Å². The Morgan fingerprint density at radius 3 is 2.27 bits per heavy atom. The SMILES string of the molecule is O=C(O)CC1CN(C(=O)O)C1. The summed E-state index contributed by atoms with van der Waals surface area (Å²) in [5, 5.41) is 16.7. The molecular formula is C6H9NO4. The second-order valence-corrected chi connectivity index (χ2v) is 2.65. The van der Waals surface area contributed by atoms with Crippen molar-refractivity contribution in [3.05, 3.63) is 0 Å². The second kappa shape index (κ2) is 2.77. The quantitative estimate of drug-likeness (QED) is 0.597. The maximum absolute atomic E-state index is 10.2. The number of hydrogen-bond donors (Lipinski definition) is 2. The number of aliphatic carboxylic acids is 1. The van der Waals surface area contributed by atoms with Crippen LogP contribution in [0.2, 0.25) is 0 Å². The molecule has 1 amide bonds. The van der Waals surface area contributed by atoms with Crippen molar-refractivity contribution in [3.63, 3.8) is 0 Å². The van der Waals surface area contributed by atoms with Crippen molar-refractivity contribution in [2.24, 2.45) is 5.92 Å². The Hall–Kier alpha value is -1.26. The van der Waals surface area contributed by atoms with Crippen LogP contribution in [0, 0.1) is 5.92 Å². The zero-order valence-electron chi connectivity index (χ0n) is 5.86. The third-order valence-electron chi connectivity index (χ3n) is 1.69. The Morgan fingerprint density at radius 2 is 1.91 bits per heavy atom. The van der Waals surface area contributed by atoms with Crippen LogP contribution in [0.5, 0.6) is 0 Å². The average Bonchev–Trinajstić information content (AvgIpc) is 1.75. The fourth-order valence-electron chi connectivity index (χ4n) is 1.10. The molecule has 0 aromatic carbocycles. The van der Waals surface area contributed by atoms with Crippen LogP contribution >= 0.6 is 0 Å². The van der Waals surface area contributed by atoms with E-state index in [1.54, 1.807) is 0 Å². The molecule has 0 aromatic rings. The molecule has 5 heteroatoms. The molecule has 11 heavy (non-hydrogen) atoms. The lowest BCUT2D eigenvalue weighted by Crippen LogP contribution is -2.49. The van der Waals surface area contributed by atoms with Gasteiger partial charge in [0.15, 0.2) is 0 Å². The Labute approximate surface area is 63.2 Å². The van der Waals surface area contributed by atoms with E-state index in [2.05, 4.69) is 0 Å². The minimum Gasteiger partial charge on any atom is -0.481 e. The van der Waals surface area contributed by atoms with Crippen molar-refractivity contribution in [2.75, 3.05) is 13.1 Å². The summed E-state index contributed by atoms with van der Waals surface area (Å²) in [6.45, 7) is 0.725. The molecule has 2 N–H and O–H groups in total. The number of amides is 1. The van der Waals surface area contributed by atoms with E-state index in [1.807, 2.05) is 0 Å². The van der Waals surface area contributed by atoms with Crippen LogP contribution in [-0.2, 0) is 4.79 Å². The lowest BCUT2D eigenvalue weighted by Gasteiger charge is -2.35. The molecule has 0 spiro atoms. The Balaban J connectivity index is 2.19. The molecule has 1 rings (SSSR count). The van der Waals surface area contributed by atoms with Crippen LogP contribution < -0.4 is 0 Å². The fraction of sp³-hybridized carbons (Fsp3) is 0.667. The van der Waals surface area contributed by atoms with Gasteiger partial charge in [-0.3, -0.25) is 4.79 Å². The molecule has 1 fully saturated rings. The minimum absolute atomic E-state index is 0.0172. The van der Waals surface area contributed by atoms with Gasteiger partial charge < -0.3 is 15.1 Å². The van der Waals surface area contributed by atoms with Crippen molar-refractivity contribution in [1.82, 2.24) is 4.90 Å². The predicted octanol–water partition coefficient (Wildman–Crippen LogP) is 0.0709. The van der Waals surface area contributed by atoms with E-state index >= 15 is 0 Å². The van der Waals surface area contributed by atoms with Crippen LogP contribution in [0.3, 0.4) is 0 Å². The number of carbonyl (C=O) groups is 2. The largest absolute Gasteiger partial charge is 0.481 e. The highest BCUT2D eigenvalue weighted by atomic mass is 16.4. The van der Waals surface area contributed by atoms with E-state index in [4.69, 9.17) is 10.2 Å².